The number of nitrogens with zero attached hydrogens (tertiary/aromatic N) is 1. The van der Waals surface area contributed by atoms with Crippen molar-refractivity contribution in [3.05, 3.63) is 0 Å². The molecular weight excluding hydrogens is 278 g/mol. The molecule has 0 aromatic heterocycles. The molecule has 2 aliphatic rings. The summed E-state index contributed by atoms with van der Waals surface area (Å²) in [5, 5.41) is 17.9. The van der Waals surface area contributed by atoms with E-state index in [1.807, 2.05) is 6.92 Å². The minimum Gasteiger partial charge on any atom is -0.481 e. The Kier molecular flexibility index (Phi) is 4.29. The van der Waals surface area contributed by atoms with Gasteiger partial charge in [-0.25, -0.2) is 4.79 Å². The van der Waals surface area contributed by atoms with E-state index in [1.165, 1.54) is 0 Å². The van der Waals surface area contributed by atoms with E-state index in [9.17, 15) is 24.3 Å². The number of carbonyl (C=O) groups excluding carboxylic acids is 2. The molecule has 1 heterocycles. The fourth-order valence-corrected chi connectivity index (χ4v) is 3.42. The average Bonchev–Trinajstić information content (AvgIpc) is 2.93. The summed E-state index contributed by atoms with van der Waals surface area (Å²) in [6.07, 6.45) is 1.50. The summed E-state index contributed by atoms with van der Waals surface area (Å²) in [7, 11) is 0. The van der Waals surface area contributed by atoms with Crippen LogP contribution in [-0.2, 0) is 19.2 Å². The Morgan fingerprint density at radius 2 is 1.71 bits per heavy atom. The standard InChI is InChI=1S/C14H19NO6/c1-2-7-5-8-9(6-7)13(19)15(12(8)18)10(14(20)21)3-4-11(16)17/h7-10H,2-6H2,1H3,(H,16,17)(H,20,21). The zero-order valence-electron chi connectivity index (χ0n) is 11.8. The highest BCUT2D eigenvalue weighted by atomic mass is 16.4. The number of carboxylic acid groups (broad SMARTS) is 2. The minimum atomic E-state index is -1.37. The lowest BCUT2D eigenvalue weighted by Gasteiger charge is -2.24. The van der Waals surface area contributed by atoms with Crippen molar-refractivity contribution in [3.63, 3.8) is 0 Å². The third kappa shape index (κ3) is 2.77. The number of hydrogen-bond donors (Lipinski definition) is 2. The number of rotatable bonds is 6. The second-order valence-corrected chi connectivity index (χ2v) is 5.79. The van der Waals surface area contributed by atoms with Crippen LogP contribution in [-0.4, -0.2) is 44.9 Å². The molecule has 0 bridgehead atoms. The van der Waals surface area contributed by atoms with Gasteiger partial charge in [-0.05, 0) is 25.2 Å². The summed E-state index contributed by atoms with van der Waals surface area (Å²) >= 11 is 0. The maximum atomic E-state index is 12.3. The van der Waals surface area contributed by atoms with E-state index in [4.69, 9.17) is 5.11 Å². The first-order valence-corrected chi connectivity index (χ1v) is 7.18. The van der Waals surface area contributed by atoms with Crippen LogP contribution in [0.2, 0.25) is 0 Å². The third-order valence-electron chi connectivity index (χ3n) is 4.58. The Hall–Kier alpha value is -1.92. The smallest absolute Gasteiger partial charge is 0.326 e. The molecule has 2 fully saturated rings. The van der Waals surface area contributed by atoms with Gasteiger partial charge in [0.25, 0.3) is 0 Å². The monoisotopic (exact) mass is 297 g/mol. The predicted octanol–water partition coefficient (Wildman–Crippen LogP) is 0.726. The van der Waals surface area contributed by atoms with E-state index in [0.717, 1.165) is 11.3 Å². The van der Waals surface area contributed by atoms with Crippen molar-refractivity contribution in [1.82, 2.24) is 4.90 Å². The predicted molar refractivity (Wildman–Crippen MR) is 70.1 cm³/mol. The van der Waals surface area contributed by atoms with Gasteiger partial charge in [-0.2, -0.15) is 0 Å². The molecule has 1 saturated heterocycles. The first-order chi connectivity index (χ1) is 9.86. The maximum absolute atomic E-state index is 12.3. The number of aliphatic carboxylic acids is 2. The van der Waals surface area contributed by atoms with Crippen molar-refractivity contribution in [2.24, 2.45) is 17.8 Å². The minimum absolute atomic E-state index is 0.251. The van der Waals surface area contributed by atoms with Gasteiger partial charge in [0.1, 0.15) is 6.04 Å². The normalized spacial score (nSPS) is 29.6. The maximum Gasteiger partial charge on any atom is 0.326 e. The molecule has 0 spiro atoms. The molecule has 116 valence electrons. The van der Waals surface area contributed by atoms with Gasteiger partial charge in [0, 0.05) is 6.42 Å². The van der Waals surface area contributed by atoms with Crippen LogP contribution in [0.25, 0.3) is 0 Å². The molecule has 2 rings (SSSR count). The Labute approximate surface area is 121 Å². The zero-order chi connectivity index (χ0) is 15.7. The van der Waals surface area contributed by atoms with Crippen molar-refractivity contribution in [2.45, 2.75) is 45.1 Å². The molecule has 3 unspecified atom stereocenters. The SMILES string of the molecule is CCC1CC2C(=O)N(C(CCC(=O)O)C(=O)O)C(=O)C2C1. The van der Waals surface area contributed by atoms with Gasteiger partial charge in [0.05, 0.1) is 11.8 Å². The topological polar surface area (TPSA) is 112 Å². The van der Waals surface area contributed by atoms with Crippen molar-refractivity contribution in [3.8, 4) is 0 Å². The van der Waals surface area contributed by atoms with E-state index in [1.54, 1.807) is 0 Å². The number of carboxylic acids is 2. The van der Waals surface area contributed by atoms with Gasteiger partial charge in [-0.15, -0.1) is 0 Å². The molecule has 0 aromatic carbocycles. The van der Waals surface area contributed by atoms with Crippen molar-refractivity contribution in [2.75, 3.05) is 0 Å². The highest BCUT2D eigenvalue weighted by Crippen LogP contribution is 2.45. The zero-order valence-corrected chi connectivity index (χ0v) is 11.8. The van der Waals surface area contributed by atoms with Gasteiger partial charge in [0.2, 0.25) is 11.8 Å². The molecule has 0 aromatic rings. The number of carbonyl (C=O) groups is 4. The van der Waals surface area contributed by atoms with Crippen LogP contribution in [0, 0.1) is 17.8 Å². The van der Waals surface area contributed by atoms with E-state index < -0.39 is 41.6 Å². The fraction of sp³-hybridized carbons (Fsp3) is 0.714. The molecule has 7 nitrogen and oxygen atoms in total. The summed E-state index contributed by atoms with van der Waals surface area (Å²) < 4.78 is 0. The molecule has 7 heteroatoms. The first-order valence-electron chi connectivity index (χ1n) is 7.18. The van der Waals surface area contributed by atoms with Gasteiger partial charge >= 0.3 is 11.9 Å². The molecule has 1 aliphatic heterocycles. The fourth-order valence-electron chi connectivity index (χ4n) is 3.42. The molecule has 1 aliphatic carbocycles. The van der Waals surface area contributed by atoms with Crippen LogP contribution in [0.15, 0.2) is 0 Å². The molecule has 2 amide bonds. The largest absolute Gasteiger partial charge is 0.481 e. The summed E-state index contributed by atoms with van der Waals surface area (Å²) in [6.45, 7) is 2.01. The molecule has 21 heavy (non-hydrogen) atoms. The van der Waals surface area contributed by atoms with Gasteiger partial charge in [-0.1, -0.05) is 13.3 Å². The highest BCUT2D eigenvalue weighted by Gasteiger charge is 2.55. The second-order valence-electron chi connectivity index (χ2n) is 5.79. The van der Waals surface area contributed by atoms with Gasteiger partial charge in [-0.3, -0.25) is 19.3 Å². The summed E-state index contributed by atoms with van der Waals surface area (Å²) in [5.41, 5.74) is 0. The summed E-state index contributed by atoms with van der Waals surface area (Å²) in [4.78, 5) is 47.4. The quantitative estimate of drug-likeness (QED) is 0.699. The molecule has 0 radical (unpaired) electrons. The number of imide groups is 1. The van der Waals surface area contributed by atoms with E-state index >= 15 is 0 Å². The highest BCUT2D eigenvalue weighted by molar-refractivity contribution is 6.08. The number of fused-ring (bicyclic) bond motifs is 1. The number of amides is 2. The number of likely N-dealkylation sites (tertiary alicyclic amines) is 1. The molecule has 2 N–H and O–H groups in total. The average molecular weight is 297 g/mol. The third-order valence-corrected chi connectivity index (χ3v) is 4.58. The molecule has 3 atom stereocenters. The van der Waals surface area contributed by atoms with E-state index in [-0.39, 0.29) is 12.8 Å². The van der Waals surface area contributed by atoms with Crippen molar-refractivity contribution >= 4 is 23.8 Å². The molecular formula is C14H19NO6. The van der Waals surface area contributed by atoms with Crippen LogP contribution < -0.4 is 0 Å². The first kappa shape index (κ1) is 15.5. The van der Waals surface area contributed by atoms with Crippen LogP contribution in [0.1, 0.15) is 39.0 Å². The van der Waals surface area contributed by atoms with Gasteiger partial charge < -0.3 is 10.2 Å². The van der Waals surface area contributed by atoms with Crippen LogP contribution >= 0.6 is 0 Å². The lowest BCUT2D eigenvalue weighted by Crippen LogP contribution is -2.46. The van der Waals surface area contributed by atoms with Crippen LogP contribution in [0.4, 0.5) is 0 Å². The lowest BCUT2D eigenvalue weighted by atomic mass is 10.00. The van der Waals surface area contributed by atoms with E-state index in [2.05, 4.69) is 0 Å². The number of hydrogen-bond acceptors (Lipinski definition) is 4. The summed E-state index contributed by atoms with van der Waals surface area (Å²) in [6, 6.07) is -1.37. The Morgan fingerprint density at radius 3 is 2.10 bits per heavy atom. The van der Waals surface area contributed by atoms with Crippen molar-refractivity contribution in [1.29, 1.82) is 0 Å². The van der Waals surface area contributed by atoms with Crippen LogP contribution in [0.3, 0.4) is 0 Å². The Morgan fingerprint density at radius 1 is 1.19 bits per heavy atom. The lowest BCUT2D eigenvalue weighted by molar-refractivity contribution is -0.156. The Balaban J connectivity index is 2.16. The van der Waals surface area contributed by atoms with Crippen molar-refractivity contribution < 1.29 is 29.4 Å². The molecule has 1 saturated carbocycles. The van der Waals surface area contributed by atoms with E-state index in [0.29, 0.717) is 18.8 Å². The van der Waals surface area contributed by atoms with Gasteiger partial charge in [0.15, 0.2) is 0 Å². The summed E-state index contributed by atoms with van der Waals surface area (Å²) in [5.74, 6) is -3.88. The van der Waals surface area contributed by atoms with Crippen LogP contribution in [0.5, 0.6) is 0 Å². The second kappa shape index (κ2) is 5.83. The Bertz CT molecular complexity index is 464.